The van der Waals surface area contributed by atoms with E-state index < -0.39 is 17.8 Å². The molecule has 0 aliphatic heterocycles. The number of nitrogens with one attached hydrogen (secondary N) is 2. The fraction of sp³-hybridized carbons (Fsp3) is 0.261. The third kappa shape index (κ3) is 8.41. The summed E-state index contributed by atoms with van der Waals surface area (Å²) in [5, 5.41) is 10.9. The van der Waals surface area contributed by atoms with E-state index in [1.54, 1.807) is 48.5 Å². The highest BCUT2D eigenvalue weighted by Crippen LogP contribution is 2.10. The number of imide groups is 1. The van der Waals surface area contributed by atoms with Gasteiger partial charge in [0.05, 0.1) is 12.7 Å². The van der Waals surface area contributed by atoms with Crippen LogP contribution in [0.4, 0.5) is 4.79 Å². The summed E-state index contributed by atoms with van der Waals surface area (Å²) in [6.45, 7) is 4.74. The van der Waals surface area contributed by atoms with E-state index in [1.807, 2.05) is 26.0 Å². The smallest absolute Gasteiger partial charge is 0.324 e. The third-order valence-electron chi connectivity index (χ3n) is 4.25. The van der Waals surface area contributed by atoms with Gasteiger partial charge in [-0.1, -0.05) is 42.5 Å². The molecule has 4 amide bonds. The summed E-state index contributed by atoms with van der Waals surface area (Å²) in [6, 6.07) is 15.2. The minimum atomic E-state index is -0.625. The Kier molecular flexibility index (Phi) is 9.41. The number of carbonyl (C=O) groups excluding carboxylic acids is 3. The van der Waals surface area contributed by atoms with Crippen LogP contribution in [0.25, 0.3) is 6.08 Å². The topological polar surface area (TPSA) is 108 Å². The zero-order valence-corrected chi connectivity index (χ0v) is 17.6. The summed E-state index contributed by atoms with van der Waals surface area (Å²) in [7, 11) is 0. The lowest BCUT2D eigenvalue weighted by molar-refractivity contribution is -0.124. The predicted molar refractivity (Wildman–Crippen MR) is 116 cm³/mol. The van der Waals surface area contributed by atoms with Crippen LogP contribution in [0.2, 0.25) is 0 Å². The first-order valence-electron chi connectivity index (χ1n) is 9.87. The normalized spacial score (nSPS) is 10.8. The Hall–Kier alpha value is -3.49. The van der Waals surface area contributed by atoms with Crippen molar-refractivity contribution in [1.82, 2.24) is 15.7 Å². The molecule has 2 rings (SSSR count). The number of carbonyl (C=O) groups is 3. The average Bonchev–Trinajstić information content (AvgIpc) is 2.77. The minimum absolute atomic E-state index is 0.0260. The Bertz CT molecular complexity index is 895. The summed E-state index contributed by atoms with van der Waals surface area (Å²) in [4.78, 5) is 37.7. The zero-order chi connectivity index (χ0) is 22.6. The molecule has 8 nitrogen and oxygen atoms in total. The van der Waals surface area contributed by atoms with E-state index in [1.165, 1.54) is 16.5 Å². The Morgan fingerprint density at radius 1 is 1.06 bits per heavy atom. The minimum Gasteiger partial charge on any atom is -0.377 e. The van der Waals surface area contributed by atoms with Crippen LogP contribution in [-0.2, 0) is 16.1 Å². The van der Waals surface area contributed by atoms with Crippen molar-refractivity contribution in [2.24, 2.45) is 0 Å². The number of hydrogen-bond donors (Lipinski definition) is 3. The van der Waals surface area contributed by atoms with Gasteiger partial charge in [-0.05, 0) is 43.2 Å². The number of hydrogen-bond acceptors (Lipinski definition) is 5. The molecule has 8 heteroatoms. The average molecular weight is 425 g/mol. The molecular weight excluding hydrogens is 398 g/mol. The molecule has 164 valence electrons. The third-order valence-corrected chi connectivity index (χ3v) is 4.25. The Morgan fingerprint density at radius 2 is 1.74 bits per heavy atom. The summed E-state index contributed by atoms with van der Waals surface area (Å²) >= 11 is 0. The first kappa shape index (κ1) is 23.8. The molecular formula is C23H27N3O5. The van der Waals surface area contributed by atoms with Crippen molar-refractivity contribution in [1.29, 1.82) is 0 Å². The Balaban J connectivity index is 2.06. The lowest BCUT2D eigenvalue weighted by Gasteiger charge is -2.23. The summed E-state index contributed by atoms with van der Waals surface area (Å²) in [5.74, 6) is -1.09. The molecule has 0 aliphatic rings. The molecule has 0 fully saturated rings. The summed E-state index contributed by atoms with van der Waals surface area (Å²) in [5.41, 5.74) is 3.52. The standard InChI is InChI=1S/C23H27N3O5/c1-17(2)31-15-14-26(23(29)24-22(28)20-6-4-3-5-7-20)16-19-10-8-18(9-11-19)12-13-21(27)25-30/h3-13,17,30H,14-16H2,1-2H3,(H,25,27)(H,24,28,29)/b13-12+. The number of ether oxygens (including phenoxy) is 1. The predicted octanol–water partition coefficient (Wildman–Crippen LogP) is 2.98. The van der Waals surface area contributed by atoms with E-state index in [0.29, 0.717) is 18.7 Å². The number of rotatable bonds is 9. The van der Waals surface area contributed by atoms with Crippen LogP contribution in [0, 0.1) is 0 Å². The van der Waals surface area contributed by atoms with Crippen molar-refractivity contribution in [2.75, 3.05) is 13.2 Å². The van der Waals surface area contributed by atoms with Crippen molar-refractivity contribution in [3.05, 3.63) is 77.4 Å². The van der Waals surface area contributed by atoms with E-state index in [2.05, 4.69) is 5.32 Å². The van der Waals surface area contributed by atoms with Gasteiger partial charge in [-0.25, -0.2) is 10.3 Å². The van der Waals surface area contributed by atoms with Crippen molar-refractivity contribution < 1.29 is 24.3 Å². The molecule has 0 bridgehead atoms. The van der Waals surface area contributed by atoms with Crippen molar-refractivity contribution >= 4 is 23.9 Å². The molecule has 0 spiro atoms. The molecule has 0 saturated carbocycles. The van der Waals surface area contributed by atoms with Crippen molar-refractivity contribution in [2.45, 2.75) is 26.5 Å². The lowest BCUT2D eigenvalue weighted by atomic mass is 10.1. The van der Waals surface area contributed by atoms with Gasteiger partial charge in [0.15, 0.2) is 0 Å². The second kappa shape index (κ2) is 12.3. The van der Waals surface area contributed by atoms with E-state index >= 15 is 0 Å². The largest absolute Gasteiger partial charge is 0.377 e. The van der Waals surface area contributed by atoms with Crippen LogP contribution < -0.4 is 10.8 Å². The lowest BCUT2D eigenvalue weighted by Crippen LogP contribution is -2.44. The van der Waals surface area contributed by atoms with Crippen LogP contribution in [0.1, 0.15) is 35.3 Å². The first-order chi connectivity index (χ1) is 14.9. The van der Waals surface area contributed by atoms with Crippen LogP contribution in [0.3, 0.4) is 0 Å². The maximum Gasteiger partial charge on any atom is 0.324 e. The maximum atomic E-state index is 12.7. The summed E-state index contributed by atoms with van der Waals surface area (Å²) in [6.07, 6.45) is 2.78. The van der Waals surface area contributed by atoms with Gasteiger partial charge in [-0.15, -0.1) is 0 Å². The SMILES string of the molecule is CC(C)OCCN(Cc1ccc(/C=C/C(=O)NO)cc1)C(=O)NC(=O)c1ccccc1. The zero-order valence-electron chi connectivity index (χ0n) is 17.6. The van der Waals surface area contributed by atoms with Crippen molar-refractivity contribution in [3.8, 4) is 0 Å². The molecule has 0 aliphatic carbocycles. The van der Waals surface area contributed by atoms with Crippen LogP contribution in [0.15, 0.2) is 60.7 Å². The van der Waals surface area contributed by atoms with Crippen LogP contribution >= 0.6 is 0 Å². The van der Waals surface area contributed by atoms with E-state index in [0.717, 1.165) is 11.1 Å². The monoisotopic (exact) mass is 425 g/mol. The van der Waals surface area contributed by atoms with Crippen LogP contribution in [-0.4, -0.2) is 47.2 Å². The van der Waals surface area contributed by atoms with Gasteiger partial charge < -0.3 is 9.64 Å². The van der Waals surface area contributed by atoms with Crippen molar-refractivity contribution in [3.63, 3.8) is 0 Å². The number of amides is 4. The van der Waals surface area contributed by atoms with Gasteiger partial charge in [0, 0.05) is 24.7 Å². The Morgan fingerprint density at radius 3 is 2.35 bits per heavy atom. The van der Waals surface area contributed by atoms with Gasteiger partial charge in [-0.3, -0.25) is 20.1 Å². The van der Waals surface area contributed by atoms with E-state index in [4.69, 9.17) is 9.94 Å². The second-order valence-electron chi connectivity index (χ2n) is 7.02. The van der Waals surface area contributed by atoms with Crippen LogP contribution in [0.5, 0.6) is 0 Å². The van der Waals surface area contributed by atoms with E-state index in [9.17, 15) is 14.4 Å². The highest BCUT2D eigenvalue weighted by Gasteiger charge is 2.18. The Labute approximate surface area is 181 Å². The quantitative estimate of drug-likeness (QED) is 0.325. The maximum absolute atomic E-state index is 12.7. The highest BCUT2D eigenvalue weighted by molar-refractivity contribution is 6.04. The fourth-order valence-corrected chi connectivity index (χ4v) is 2.65. The molecule has 2 aromatic carbocycles. The van der Waals surface area contributed by atoms with Gasteiger partial charge in [-0.2, -0.15) is 0 Å². The molecule has 0 heterocycles. The second-order valence-corrected chi connectivity index (χ2v) is 7.02. The molecule has 0 atom stereocenters. The highest BCUT2D eigenvalue weighted by atomic mass is 16.5. The number of urea groups is 1. The van der Waals surface area contributed by atoms with Gasteiger partial charge in [0.25, 0.3) is 11.8 Å². The molecule has 0 unspecified atom stereocenters. The molecule has 0 radical (unpaired) electrons. The molecule has 3 N–H and O–H groups in total. The fourth-order valence-electron chi connectivity index (χ4n) is 2.65. The molecule has 0 aromatic heterocycles. The number of nitrogens with zero attached hydrogens (tertiary/aromatic N) is 1. The number of benzene rings is 2. The molecule has 0 saturated heterocycles. The number of hydroxylamine groups is 1. The molecule has 2 aromatic rings. The summed E-state index contributed by atoms with van der Waals surface area (Å²) < 4.78 is 5.56. The first-order valence-corrected chi connectivity index (χ1v) is 9.87. The van der Waals surface area contributed by atoms with Gasteiger partial charge in [0.1, 0.15) is 0 Å². The molecule has 31 heavy (non-hydrogen) atoms. The van der Waals surface area contributed by atoms with Gasteiger partial charge in [0.2, 0.25) is 0 Å². The van der Waals surface area contributed by atoms with Gasteiger partial charge >= 0.3 is 6.03 Å². The van der Waals surface area contributed by atoms with E-state index in [-0.39, 0.29) is 12.6 Å².